The van der Waals surface area contributed by atoms with Crippen LogP contribution in [0, 0.1) is 0 Å². The standard InChI is InChI=1S/C23H31N3O2/c1-5-19(20-9-7-6-8-10-20)15-25-22(27)17(2)26(4)16-18-11-13-21(14-12-18)23(28)24-3/h6-14,17,19H,5,15-16H2,1-4H3,(H,24,28)(H,25,27)/t17-,19-/m0/s1. The summed E-state index contributed by atoms with van der Waals surface area (Å²) in [5.41, 5.74) is 2.94. The molecule has 0 fully saturated rings. The lowest BCUT2D eigenvalue weighted by Gasteiger charge is -2.25. The summed E-state index contributed by atoms with van der Waals surface area (Å²) in [6.07, 6.45) is 0.978. The number of nitrogens with zero attached hydrogens (tertiary/aromatic N) is 1. The van der Waals surface area contributed by atoms with Crippen LogP contribution in [-0.4, -0.2) is 43.4 Å². The molecule has 0 unspecified atom stereocenters. The monoisotopic (exact) mass is 381 g/mol. The second-order valence-corrected chi connectivity index (χ2v) is 7.13. The van der Waals surface area contributed by atoms with Crippen molar-refractivity contribution < 1.29 is 9.59 Å². The first-order valence-electron chi connectivity index (χ1n) is 9.80. The maximum atomic E-state index is 12.6. The SMILES string of the molecule is CC[C@@H](CNC(=O)[C@H](C)N(C)Cc1ccc(C(=O)NC)cc1)c1ccccc1. The number of carbonyl (C=O) groups is 2. The summed E-state index contributed by atoms with van der Waals surface area (Å²) in [5.74, 6) is 0.246. The highest BCUT2D eigenvalue weighted by Gasteiger charge is 2.19. The van der Waals surface area contributed by atoms with Gasteiger partial charge in [-0.15, -0.1) is 0 Å². The molecule has 150 valence electrons. The summed E-state index contributed by atoms with van der Waals surface area (Å²) >= 11 is 0. The highest BCUT2D eigenvalue weighted by molar-refractivity contribution is 5.93. The van der Waals surface area contributed by atoms with E-state index < -0.39 is 0 Å². The lowest BCUT2D eigenvalue weighted by atomic mass is 9.96. The third-order valence-electron chi connectivity index (χ3n) is 5.20. The van der Waals surface area contributed by atoms with Gasteiger partial charge in [0.05, 0.1) is 6.04 Å². The molecule has 2 atom stereocenters. The molecule has 0 aromatic heterocycles. The van der Waals surface area contributed by atoms with E-state index in [1.807, 2.05) is 49.2 Å². The second-order valence-electron chi connectivity index (χ2n) is 7.13. The molecule has 0 aliphatic heterocycles. The maximum absolute atomic E-state index is 12.6. The number of amides is 2. The molecule has 0 radical (unpaired) electrons. The van der Waals surface area contributed by atoms with Gasteiger partial charge in [0, 0.05) is 31.6 Å². The summed E-state index contributed by atoms with van der Waals surface area (Å²) in [6.45, 7) is 5.33. The summed E-state index contributed by atoms with van der Waals surface area (Å²) in [5, 5.41) is 5.71. The van der Waals surface area contributed by atoms with E-state index in [9.17, 15) is 9.59 Å². The van der Waals surface area contributed by atoms with E-state index in [-0.39, 0.29) is 17.9 Å². The van der Waals surface area contributed by atoms with Crippen LogP contribution >= 0.6 is 0 Å². The van der Waals surface area contributed by atoms with Crippen molar-refractivity contribution in [3.63, 3.8) is 0 Å². The lowest BCUT2D eigenvalue weighted by Crippen LogP contribution is -2.44. The first-order chi connectivity index (χ1) is 13.5. The van der Waals surface area contributed by atoms with Crippen LogP contribution in [0.15, 0.2) is 54.6 Å². The van der Waals surface area contributed by atoms with Gasteiger partial charge >= 0.3 is 0 Å². The Morgan fingerprint density at radius 3 is 2.25 bits per heavy atom. The summed E-state index contributed by atoms with van der Waals surface area (Å²) in [6, 6.07) is 17.5. The van der Waals surface area contributed by atoms with Crippen molar-refractivity contribution in [3.05, 3.63) is 71.3 Å². The predicted molar refractivity (Wildman–Crippen MR) is 113 cm³/mol. The number of hydrogen-bond donors (Lipinski definition) is 2. The van der Waals surface area contributed by atoms with Crippen molar-refractivity contribution >= 4 is 11.8 Å². The Labute approximate surface area is 168 Å². The van der Waals surface area contributed by atoms with E-state index in [1.54, 1.807) is 19.2 Å². The summed E-state index contributed by atoms with van der Waals surface area (Å²) in [7, 11) is 3.55. The fourth-order valence-electron chi connectivity index (χ4n) is 3.13. The highest BCUT2D eigenvalue weighted by Crippen LogP contribution is 2.18. The summed E-state index contributed by atoms with van der Waals surface area (Å²) < 4.78 is 0. The van der Waals surface area contributed by atoms with Gasteiger partial charge in [-0.1, -0.05) is 49.4 Å². The van der Waals surface area contributed by atoms with Gasteiger partial charge in [-0.3, -0.25) is 14.5 Å². The van der Waals surface area contributed by atoms with Gasteiger partial charge in [0.2, 0.25) is 5.91 Å². The molecule has 28 heavy (non-hydrogen) atoms. The Bertz CT molecular complexity index is 759. The second kappa shape index (κ2) is 10.6. The zero-order chi connectivity index (χ0) is 20.5. The van der Waals surface area contributed by atoms with E-state index in [4.69, 9.17) is 0 Å². The van der Waals surface area contributed by atoms with Gasteiger partial charge in [0.25, 0.3) is 5.91 Å². The molecule has 5 nitrogen and oxygen atoms in total. The molecule has 0 aliphatic rings. The first kappa shape index (κ1) is 21.6. The van der Waals surface area contributed by atoms with E-state index >= 15 is 0 Å². The first-order valence-corrected chi connectivity index (χ1v) is 9.80. The number of carbonyl (C=O) groups excluding carboxylic acids is 2. The minimum absolute atomic E-state index is 0.0267. The third kappa shape index (κ3) is 5.92. The number of benzene rings is 2. The molecule has 2 aromatic rings. The number of nitrogens with one attached hydrogen (secondary N) is 2. The molecule has 0 saturated heterocycles. The van der Waals surface area contributed by atoms with Gasteiger partial charge < -0.3 is 10.6 Å². The quantitative estimate of drug-likeness (QED) is 0.701. The van der Waals surface area contributed by atoms with Crippen LogP contribution < -0.4 is 10.6 Å². The van der Waals surface area contributed by atoms with Crippen LogP contribution in [0.2, 0.25) is 0 Å². The lowest BCUT2D eigenvalue weighted by molar-refractivity contribution is -0.125. The zero-order valence-corrected chi connectivity index (χ0v) is 17.2. The molecule has 2 rings (SSSR count). The van der Waals surface area contributed by atoms with Crippen LogP contribution in [0.3, 0.4) is 0 Å². The number of rotatable bonds is 9. The number of likely N-dealkylation sites (N-methyl/N-ethyl adjacent to an activating group) is 1. The fraction of sp³-hybridized carbons (Fsp3) is 0.391. The average molecular weight is 382 g/mol. The van der Waals surface area contributed by atoms with Gasteiger partial charge in [0.15, 0.2) is 0 Å². The topological polar surface area (TPSA) is 61.4 Å². The molecule has 0 aliphatic carbocycles. The molecule has 2 N–H and O–H groups in total. The molecule has 0 spiro atoms. The Morgan fingerprint density at radius 1 is 1.04 bits per heavy atom. The van der Waals surface area contributed by atoms with Crippen molar-refractivity contribution in [2.75, 3.05) is 20.6 Å². The average Bonchev–Trinajstić information content (AvgIpc) is 2.74. The molecule has 5 heteroatoms. The molecule has 0 heterocycles. The predicted octanol–water partition coefficient (Wildman–Crippen LogP) is 3.18. The van der Waals surface area contributed by atoms with Crippen molar-refractivity contribution in [2.24, 2.45) is 0 Å². The van der Waals surface area contributed by atoms with Crippen molar-refractivity contribution in [1.29, 1.82) is 0 Å². The third-order valence-corrected chi connectivity index (χ3v) is 5.20. The van der Waals surface area contributed by atoms with Gasteiger partial charge in [-0.2, -0.15) is 0 Å². The molecular formula is C23H31N3O2. The molecule has 0 saturated carbocycles. The number of hydrogen-bond acceptors (Lipinski definition) is 3. The molecule has 2 aromatic carbocycles. The maximum Gasteiger partial charge on any atom is 0.251 e. The van der Waals surface area contributed by atoms with E-state index in [0.29, 0.717) is 24.6 Å². The van der Waals surface area contributed by atoms with Crippen molar-refractivity contribution in [3.8, 4) is 0 Å². The van der Waals surface area contributed by atoms with Crippen LogP contribution in [0.5, 0.6) is 0 Å². The zero-order valence-electron chi connectivity index (χ0n) is 17.2. The molecule has 2 amide bonds. The Hall–Kier alpha value is -2.66. The van der Waals surface area contributed by atoms with E-state index in [0.717, 1.165) is 12.0 Å². The fourth-order valence-corrected chi connectivity index (χ4v) is 3.13. The van der Waals surface area contributed by atoms with Crippen LogP contribution in [0.4, 0.5) is 0 Å². The van der Waals surface area contributed by atoms with Crippen LogP contribution in [-0.2, 0) is 11.3 Å². The van der Waals surface area contributed by atoms with Crippen LogP contribution in [0.25, 0.3) is 0 Å². The smallest absolute Gasteiger partial charge is 0.251 e. The van der Waals surface area contributed by atoms with Gasteiger partial charge in [-0.25, -0.2) is 0 Å². The summed E-state index contributed by atoms with van der Waals surface area (Å²) in [4.78, 5) is 26.2. The minimum atomic E-state index is -0.244. The minimum Gasteiger partial charge on any atom is -0.355 e. The largest absolute Gasteiger partial charge is 0.355 e. The Morgan fingerprint density at radius 2 is 1.68 bits per heavy atom. The Kier molecular flexibility index (Phi) is 8.20. The Balaban J connectivity index is 1.88. The normalized spacial score (nSPS) is 13.0. The van der Waals surface area contributed by atoms with Gasteiger partial charge in [-0.05, 0) is 43.7 Å². The highest BCUT2D eigenvalue weighted by atomic mass is 16.2. The van der Waals surface area contributed by atoms with E-state index in [1.165, 1.54) is 5.56 Å². The van der Waals surface area contributed by atoms with Gasteiger partial charge in [0.1, 0.15) is 0 Å². The van der Waals surface area contributed by atoms with Crippen LogP contribution in [0.1, 0.15) is 47.7 Å². The van der Waals surface area contributed by atoms with E-state index in [2.05, 4.69) is 29.7 Å². The molecule has 0 bridgehead atoms. The van der Waals surface area contributed by atoms with Crippen molar-refractivity contribution in [1.82, 2.24) is 15.5 Å². The molecular weight excluding hydrogens is 350 g/mol. The van der Waals surface area contributed by atoms with Crippen molar-refractivity contribution in [2.45, 2.75) is 38.8 Å².